The molecule has 0 atom stereocenters. The van der Waals surface area contributed by atoms with Crippen LogP contribution in [0.2, 0.25) is 0 Å². The topological polar surface area (TPSA) is 83.6 Å². The van der Waals surface area contributed by atoms with Crippen molar-refractivity contribution in [1.29, 1.82) is 0 Å². The molecule has 102 valence electrons. The lowest BCUT2D eigenvalue weighted by Gasteiger charge is -2.25. The highest BCUT2D eigenvalue weighted by Crippen LogP contribution is 2.25. The second-order valence-electron chi connectivity index (χ2n) is 4.12. The number of rotatable bonds is 5. The number of aliphatic hydroxyl groups excluding tert-OH is 1. The molecule has 0 aliphatic rings. The number of halogens is 1. The van der Waals surface area contributed by atoms with Crippen LogP contribution in [0.3, 0.4) is 0 Å². The van der Waals surface area contributed by atoms with Crippen LogP contribution in [-0.4, -0.2) is 37.0 Å². The van der Waals surface area contributed by atoms with Crippen LogP contribution in [0, 0.1) is 0 Å². The van der Waals surface area contributed by atoms with Gasteiger partial charge in [-0.3, -0.25) is 0 Å². The van der Waals surface area contributed by atoms with Gasteiger partial charge in [-0.2, -0.15) is 4.31 Å². The minimum absolute atomic E-state index is 0.0654. The van der Waals surface area contributed by atoms with Crippen molar-refractivity contribution in [2.45, 2.75) is 24.8 Å². The quantitative estimate of drug-likeness (QED) is 0.796. The molecule has 3 N–H and O–H groups in total. The van der Waals surface area contributed by atoms with Gasteiger partial charge in [0, 0.05) is 22.7 Å². The van der Waals surface area contributed by atoms with Crippen molar-refractivity contribution in [2.24, 2.45) is 0 Å². The first-order chi connectivity index (χ1) is 8.30. The van der Waals surface area contributed by atoms with Crippen LogP contribution in [0.25, 0.3) is 0 Å². The number of benzene rings is 1. The summed E-state index contributed by atoms with van der Waals surface area (Å²) >= 11 is 3.22. The number of hydrogen-bond donors (Lipinski definition) is 2. The molecule has 0 spiro atoms. The van der Waals surface area contributed by atoms with Crippen LogP contribution in [0.5, 0.6) is 0 Å². The van der Waals surface area contributed by atoms with E-state index in [1.54, 1.807) is 19.9 Å². The molecule has 0 saturated carbocycles. The highest BCUT2D eigenvalue weighted by atomic mass is 79.9. The fourth-order valence-corrected chi connectivity index (χ4v) is 3.48. The van der Waals surface area contributed by atoms with Gasteiger partial charge in [-0.05, 0) is 48.0 Å². The summed E-state index contributed by atoms with van der Waals surface area (Å²) in [4.78, 5) is 0.130. The Bertz CT molecular complexity index is 517. The van der Waals surface area contributed by atoms with E-state index >= 15 is 0 Å². The summed E-state index contributed by atoms with van der Waals surface area (Å²) < 4.78 is 26.6. The zero-order valence-electron chi connectivity index (χ0n) is 10.3. The molecule has 1 aromatic carbocycles. The zero-order chi connectivity index (χ0) is 13.9. The molecule has 5 nitrogen and oxygen atoms in total. The largest absolute Gasteiger partial charge is 0.398 e. The number of nitrogens with two attached hydrogens (primary N) is 1. The second kappa shape index (κ2) is 6.01. The van der Waals surface area contributed by atoms with Crippen molar-refractivity contribution in [3.8, 4) is 0 Å². The van der Waals surface area contributed by atoms with Gasteiger partial charge in [0.2, 0.25) is 10.0 Å². The molecule has 0 unspecified atom stereocenters. The van der Waals surface area contributed by atoms with Crippen molar-refractivity contribution < 1.29 is 13.5 Å². The third kappa shape index (κ3) is 3.23. The lowest BCUT2D eigenvalue weighted by atomic mass is 10.3. The number of nitrogens with zero attached hydrogens (tertiary/aromatic N) is 1. The molecule has 0 saturated heterocycles. The van der Waals surface area contributed by atoms with Gasteiger partial charge in [0.15, 0.2) is 0 Å². The summed E-state index contributed by atoms with van der Waals surface area (Å²) in [5.41, 5.74) is 6.05. The van der Waals surface area contributed by atoms with Crippen molar-refractivity contribution in [3.05, 3.63) is 22.7 Å². The smallest absolute Gasteiger partial charge is 0.243 e. The number of nitrogen functional groups attached to an aromatic ring is 1. The molecule has 0 heterocycles. The fraction of sp³-hybridized carbons (Fsp3) is 0.455. The van der Waals surface area contributed by atoms with Gasteiger partial charge in [0.1, 0.15) is 0 Å². The van der Waals surface area contributed by atoms with Gasteiger partial charge in [0.05, 0.1) is 11.5 Å². The summed E-state index contributed by atoms with van der Waals surface area (Å²) in [5.74, 6) is 0. The monoisotopic (exact) mass is 336 g/mol. The molecule has 0 bridgehead atoms. The predicted molar refractivity (Wildman–Crippen MR) is 74.7 cm³/mol. The molecule has 0 aromatic heterocycles. The zero-order valence-corrected chi connectivity index (χ0v) is 12.7. The molecule has 0 aliphatic carbocycles. The Morgan fingerprint density at radius 1 is 1.44 bits per heavy atom. The maximum Gasteiger partial charge on any atom is 0.243 e. The first-order valence-corrected chi connectivity index (χ1v) is 7.71. The van der Waals surface area contributed by atoms with Crippen LogP contribution >= 0.6 is 15.9 Å². The van der Waals surface area contributed by atoms with Crippen LogP contribution in [0.4, 0.5) is 5.69 Å². The minimum atomic E-state index is -3.63. The van der Waals surface area contributed by atoms with Gasteiger partial charge < -0.3 is 10.8 Å². The Labute approximate surface area is 116 Å². The van der Waals surface area contributed by atoms with Gasteiger partial charge in [0.25, 0.3) is 0 Å². The molecule has 1 aromatic rings. The molecule has 0 radical (unpaired) electrons. The predicted octanol–water partition coefficient (Wildman–Crippen LogP) is 1.42. The first kappa shape index (κ1) is 15.4. The number of hydrogen-bond acceptors (Lipinski definition) is 4. The van der Waals surface area contributed by atoms with E-state index in [0.29, 0.717) is 10.2 Å². The normalized spacial score (nSPS) is 12.3. The van der Waals surface area contributed by atoms with E-state index in [0.717, 1.165) is 0 Å². The Balaban J connectivity index is 3.22. The number of anilines is 1. The van der Waals surface area contributed by atoms with Gasteiger partial charge in [-0.1, -0.05) is 0 Å². The van der Waals surface area contributed by atoms with Gasteiger partial charge in [-0.25, -0.2) is 8.42 Å². The molecular weight excluding hydrogens is 320 g/mol. The van der Waals surface area contributed by atoms with Crippen LogP contribution < -0.4 is 5.73 Å². The molecule has 18 heavy (non-hydrogen) atoms. The van der Waals surface area contributed by atoms with E-state index in [1.807, 2.05) is 0 Å². The van der Waals surface area contributed by atoms with Gasteiger partial charge in [-0.15, -0.1) is 0 Å². The third-order valence-corrected chi connectivity index (χ3v) is 5.26. The summed E-state index contributed by atoms with van der Waals surface area (Å²) in [6.45, 7) is 3.37. The second-order valence-corrected chi connectivity index (χ2v) is 6.86. The maximum absolute atomic E-state index is 12.4. The average Bonchev–Trinajstić information content (AvgIpc) is 2.28. The summed E-state index contributed by atoms with van der Waals surface area (Å²) in [5, 5.41) is 8.96. The van der Waals surface area contributed by atoms with E-state index in [9.17, 15) is 8.42 Å². The standard InChI is InChI=1S/C11H17BrN2O3S/c1-8(2)14(5-6-15)18(16,17)9-3-4-10(12)11(13)7-9/h3-4,7-8,15H,5-6,13H2,1-2H3. The average molecular weight is 337 g/mol. The Hall–Kier alpha value is -0.630. The number of aliphatic hydroxyl groups is 1. The van der Waals surface area contributed by atoms with Crippen molar-refractivity contribution >= 4 is 31.6 Å². The minimum Gasteiger partial charge on any atom is -0.398 e. The van der Waals surface area contributed by atoms with Crippen molar-refractivity contribution in [2.75, 3.05) is 18.9 Å². The van der Waals surface area contributed by atoms with E-state index in [4.69, 9.17) is 10.8 Å². The lowest BCUT2D eigenvalue weighted by Crippen LogP contribution is -2.38. The summed E-state index contributed by atoms with van der Waals surface area (Å²) in [6.07, 6.45) is 0. The van der Waals surface area contributed by atoms with E-state index < -0.39 is 10.0 Å². The van der Waals surface area contributed by atoms with Crippen LogP contribution in [0.15, 0.2) is 27.6 Å². The maximum atomic E-state index is 12.4. The van der Waals surface area contributed by atoms with E-state index in [1.165, 1.54) is 16.4 Å². The molecular formula is C11H17BrN2O3S. The van der Waals surface area contributed by atoms with Crippen molar-refractivity contribution in [1.82, 2.24) is 4.31 Å². The highest BCUT2D eigenvalue weighted by Gasteiger charge is 2.26. The number of sulfonamides is 1. The molecule has 7 heteroatoms. The van der Waals surface area contributed by atoms with E-state index in [2.05, 4.69) is 15.9 Å². The summed E-state index contributed by atoms with van der Waals surface area (Å²) in [6, 6.07) is 4.26. The molecule has 0 fully saturated rings. The lowest BCUT2D eigenvalue weighted by molar-refractivity contribution is 0.236. The summed E-state index contributed by atoms with van der Waals surface area (Å²) in [7, 11) is -3.63. The Kier molecular flexibility index (Phi) is 5.15. The highest BCUT2D eigenvalue weighted by molar-refractivity contribution is 9.10. The SMILES string of the molecule is CC(C)N(CCO)S(=O)(=O)c1ccc(Br)c(N)c1. The molecule has 0 aliphatic heterocycles. The first-order valence-electron chi connectivity index (χ1n) is 5.48. The molecule has 1 rings (SSSR count). The van der Waals surface area contributed by atoms with Crippen LogP contribution in [-0.2, 0) is 10.0 Å². The van der Waals surface area contributed by atoms with Crippen LogP contribution in [0.1, 0.15) is 13.8 Å². The Morgan fingerprint density at radius 3 is 2.50 bits per heavy atom. The van der Waals surface area contributed by atoms with Gasteiger partial charge >= 0.3 is 0 Å². The fourth-order valence-electron chi connectivity index (χ4n) is 1.57. The Morgan fingerprint density at radius 2 is 2.06 bits per heavy atom. The molecule has 0 amide bonds. The third-order valence-electron chi connectivity index (χ3n) is 2.47. The van der Waals surface area contributed by atoms with Crippen molar-refractivity contribution in [3.63, 3.8) is 0 Å². The van der Waals surface area contributed by atoms with E-state index in [-0.39, 0.29) is 24.1 Å².